The van der Waals surface area contributed by atoms with Crippen LogP contribution in [0, 0.1) is 5.82 Å². The minimum Gasteiger partial charge on any atom is -0.242 e. The molecule has 0 spiro atoms. The molecule has 0 atom stereocenters. The maximum absolute atomic E-state index is 13.2. The van der Waals surface area contributed by atoms with Gasteiger partial charge >= 0.3 is 0 Å². The Morgan fingerprint density at radius 1 is 1.20 bits per heavy atom. The monoisotopic (exact) mass is 222 g/mol. The molecule has 0 radical (unpaired) electrons. The first-order chi connectivity index (χ1) is 7.25. The van der Waals surface area contributed by atoms with Crippen molar-refractivity contribution in [2.75, 3.05) is 0 Å². The summed E-state index contributed by atoms with van der Waals surface area (Å²) >= 11 is 5.75. The summed E-state index contributed by atoms with van der Waals surface area (Å²) < 4.78 is 13.2. The van der Waals surface area contributed by atoms with E-state index in [0.29, 0.717) is 17.1 Å². The summed E-state index contributed by atoms with van der Waals surface area (Å²) in [6.07, 6.45) is 2.96. The summed E-state index contributed by atoms with van der Waals surface area (Å²) in [7, 11) is 0. The molecule has 4 heteroatoms. The van der Waals surface area contributed by atoms with E-state index in [1.54, 1.807) is 12.1 Å². The fraction of sp³-hybridized carbons (Fsp3) is 0.0909. The highest BCUT2D eigenvalue weighted by atomic mass is 35.5. The van der Waals surface area contributed by atoms with Gasteiger partial charge in [-0.25, -0.2) is 14.4 Å². The van der Waals surface area contributed by atoms with Crippen molar-refractivity contribution < 1.29 is 4.39 Å². The van der Waals surface area contributed by atoms with E-state index in [1.165, 1.54) is 6.33 Å². The second-order valence-corrected chi connectivity index (χ2v) is 3.56. The number of benzene rings is 1. The second kappa shape index (κ2) is 4.36. The van der Waals surface area contributed by atoms with E-state index in [4.69, 9.17) is 11.6 Å². The molecule has 0 unspecified atom stereocenters. The minimum atomic E-state index is -0.382. The lowest BCUT2D eigenvalue weighted by atomic mass is 10.1. The highest BCUT2D eigenvalue weighted by molar-refractivity contribution is 6.30. The van der Waals surface area contributed by atoms with Crippen LogP contribution in [-0.4, -0.2) is 9.97 Å². The van der Waals surface area contributed by atoms with Crippen LogP contribution in [0.25, 0.3) is 0 Å². The molecule has 0 fully saturated rings. The third kappa shape index (κ3) is 2.50. The number of halogens is 2. The van der Waals surface area contributed by atoms with E-state index in [9.17, 15) is 4.39 Å². The van der Waals surface area contributed by atoms with Crippen molar-refractivity contribution in [2.45, 2.75) is 6.42 Å². The van der Waals surface area contributed by atoms with Gasteiger partial charge in [-0.05, 0) is 17.7 Å². The van der Waals surface area contributed by atoms with E-state index in [2.05, 4.69) is 9.97 Å². The van der Waals surface area contributed by atoms with Gasteiger partial charge in [0, 0.05) is 11.4 Å². The number of hydrogen-bond acceptors (Lipinski definition) is 2. The Balaban J connectivity index is 2.22. The molecule has 0 amide bonds. The van der Waals surface area contributed by atoms with Gasteiger partial charge in [0.15, 0.2) is 5.82 Å². The molecule has 76 valence electrons. The zero-order valence-corrected chi connectivity index (χ0v) is 8.58. The lowest BCUT2D eigenvalue weighted by Gasteiger charge is -2.01. The average molecular weight is 223 g/mol. The molecule has 0 N–H and O–H groups in total. The van der Waals surface area contributed by atoms with E-state index in [1.807, 2.05) is 12.1 Å². The summed E-state index contributed by atoms with van der Waals surface area (Å²) in [5, 5.41) is 0.668. The molecule has 0 aliphatic carbocycles. The van der Waals surface area contributed by atoms with Gasteiger partial charge in [0.1, 0.15) is 6.33 Å². The van der Waals surface area contributed by atoms with E-state index >= 15 is 0 Å². The first-order valence-electron chi connectivity index (χ1n) is 4.44. The van der Waals surface area contributed by atoms with Crippen LogP contribution in [0.2, 0.25) is 5.02 Å². The van der Waals surface area contributed by atoms with Crippen LogP contribution in [-0.2, 0) is 6.42 Å². The Morgan fingerprint density at radius 2 is 1.93 bits per heavy atom. The number of nitrogens with zero attached hydrogens (tertiary/aromatic N) is 2. The van der Waals surface area contributed by atoms with Gasteiger partial charge in [0.2, 0.25) is 0 Å². The normalized spacial score (nSPS) is 10.3. The highest BCUT2D eigenvalue weighted by Crippen LogP contribution is 2.13. The quantitative estimate of drug-likeness (QED) is 0.781. The van der Waals surface area contributed by atoms with Gasteiger partial charge < -0.3 is 0 Å². The predicted octanol–water partition coefficient (Wildman–Crippen LogP) is 2.86. The Kier molecular flexibility index (Phi) is 2.92. The van der Waals surface area contributed by atoms with Crippen molar-refractivity contribution in [1.29, 1.82) is 0 Å². The molecule has 0 bridgehead atoms. The topological polar surface area (TPSA) is 25.8 Å². The van der Waals surface area contributed by atoms with Crippen LogP contribution >= 0.6 is 11.6 Å². The summed E-state index contributed by atoms with van der Waals surface area (Å²) in [5.41, 5.74) is 1.37. The van der Waals surface area contributed by atoms with Crippen LogP contribution in [0.5, 0.6) is 0 Å². The molecule has 0 aliphatic heterocycles. The highest BCUT2D eigenvalue weighted by Gasteiger charge is 2.03. The van der Waals surface area contributed by atoms with Gasteiger partial charge in [-0.2, -0.15) is 0 Å². The second-order valence-electron chi connectivity index (χ2n) is 3.12. The molecule has 0 saturated heterocycles. The SMILES string of the molecule is Fc1cncnc1Cc1ccc(Cl)cc1. The van der Waals surface area contributed by atoms with Crippen LogP contribution in [0.4, 0.5) is 4.39 Å². The fourth-order valence-electron chi connectivity index (χ4n) is 1.26. The lowest BCUT2D eigenvalue weighted by Crippen LogP contribution is -1.97. The fourth-order valence-corrected chi connectivity index (χ4v) is 1.39. The summed E-state index contributed by atoms with van der Waals surface area (Å²) in [4.78, 5) is 7.47. The number of hydrogen-bond donors (Lipinski definition) is 0. The van der Waals surface area contributed by atoms with E-state index in [0.717, 1.165) is 11.8 Å². The van der Waals surface area contributed by atoms with Crippen LogP contribution in [0.1, 0.15) is 11.3 Å². The minimum absolute atomic E-state index is 0.382. The molecular weight excluding hydrogens is 215 g/mol. The van der Waals surface area contributed by atoms with Gasteiger partial charge in [-0.15, -0.1) is 0 Å². The Morgan fingerprint density at radius 3 is 2.60 bits per heavy atom. The average Bonchev–Trinajstić information content (AvgIpc) is 2.25. The molecule has 15 heavy (non-hydrogen) atoms. The first-order valence-corrected chi connectivity index (χ1v) is 4.82. The van der Waals surface area contributed by atoms with E-state index < -0.39 is 0 Å². The van der Waals surface area contributed by atoms with Gasteiger partial charge in [0.25, 0.3) is 0 Å². The van der Waals surface area contributed by atoms with E-state index in [-0.39, 0.29) is 5.82 Å². The molecular formula is C11H8ClFN2. The van der Waals surface area contributed by atoms with Crippen molar-refractivity contribution in [3.8, 4) is 0 Å². The smallest absolute Gasteiger partial charge is 0.163 e. The third-order valence-corrected chi connectivity index (χ3v) is 2.28. The zero-order valence-electron chi connectivity index (χ0n) is 7.82. The molecule has 2 nitrogen and oxygen atoms in total. The van der Waals surface area contributed by atoms with Crippen molar-refractivity contribution in [3.63, 3.8) is 0 Å². The summed E-state index contributed by atoms with van der Waals surface area (Å²) in [6.45, 7) is 0. The lowest BCUT2D eigenvalue weighted by molar-refractivity contribution is 0.595. The van der Waals surface area contributed by atoms with Crippen molar-refractivity contribution >= 4 is 11.6 Å². The molecule has 0 saturated carbocycles. The van der Waals surface area contributed by atoms with Crippen LogP contribution < -0.4 is 0 Å². The third-order valence-electron chi connectivity index (χ3n) is 2.03. The zero-order chi connectivity index (χ0) is 10.7. The van der Waals surface area contributed by atoms with Gasteiger partial charge in [-0.3, -0.25) is 0 Å². The first kappa shape index (κ1) is 10.1. The summed E-state index contributed by atoms with van der Waals surface area (Å²) in [6, 6.07) is 7.25. The van der Waals surface area contributed by atoms with Crippen molar-refractivity contribution in [2.24, 2.45) is 0 Å². The Bertz CT molecular complexity index is 456. The maximum Gasteiger partial charge on any atom is 0.163 e. The largest absolute Gasteiger partial charge is 0.242 e. The molecule has 2 aromatic rings. The number of aromatic nitrogens is 2. The molecule has 1 aromatic heterocycles. The molecule has 1 aromatic carbocycles. The maximum atomic E-state index is 13.2. The van der Waals surface area contributed by atoms with Crippen LogP contribution in [0.15, 0.2) is 36.8 Å². The van der Waals surface area contributed by atoms with Gasteiger partial charge in [0.05, 0.1) is 11.9 Å². The van der Waals surface area contributed by atoms with Crippen molar-refractivity contribution in [1.82, 2.24) is 9.97 Å². The number of rotatable bonds is 2. The molecule has 1 heterocycles. The molecule has 0 aliphatic rings. The predicted molar refractivity (Wildman–Crippen MR) is 56.2 cm³/mol. The van der Waals surface area contributed by atoms with Crippen LogP contribution in [0.3, 0.4) is 0 Å². The van der Waals surface area contributed by atoms with Gasteiger partial charge in [-0.1, -0.05) is 23.7 Å². The summed E-state index contributed by atoms with van der Waals surface area (Å²) in [5.74, 6) is -0.382. The van der Waals surface area contributed by atoms with Crippen molar-refractivity contribution in [3.05, 3.63) is 58.9 Å². The Labute approximate surface area is 91.8 Å². The standard InChI is InChI=1S/C11H8ClFN2/c12-9-3-1-8(2-4-9)5-11-10(13)6-14-7-15-11/h1-4,6-7H,5H2. The molecule has 2 rings (SSSR count). The Hall–Kier alpha value is -1.48.